The number of rotatable bonds is 7. The van der Waals surface area contributed by atoms with Crippen LogP contribution in [0.15, 0.2) is 88.7 Å². The number of para-hydroxylation sites is 1. The minimum atomic E-state index is -3.88. The number of carbonyl (C=O) groups excluding carboxylic acids is 1. The van der Waals surface area contributed by atoms with Crippen LogP contribution in [0.3, 0.4) is 0 Å². The molecule has 0 saturated carbocycles. The molecule has 3 aromatic carbocycles. The standard InChI is InChI=1S/C24H25N3O5S2/c28-24(22-11-5-6-12-23(22)26-33(29,30)20-9-3-1-4-10-20)25-19-13-15-21(16-14-19)34(31,32)27-17-7-2-8-18-27/h1,3-6,9-16,26H,2,7-8,17-18H2,(H,25,28). The Morgan fingerprint density at radius 2 is 1.32 bits per heavy atom. The summed E-state index contributed by atoms with van der Waals surface area (Å²) in [5, 5.41) is 2.70. The zero-order valence-electron chi connectivity index (χ0n) is 18.3. The Hall–Kier alpha value is -3.21. The van der Waals surface area contributed by atoms with E-state index in [9.17, 15) is 21.6 Å². The molecule has 4 rings (SSSR count). The molecular weight excluding hydrogens is 474 g/mol. The van der Waals surface area contributed by atoms with Gasteiger partial charge in [-0.2, -0.15) is 4.31 Å². The molecule has 0 aromatic heterocycles. The Bertz CT molecular complexity index is 1370. The van der Waals surface area contributed by atoms with Gasteiger partial charge in [-0.05, 0) is 61.4 Å². The van der Waals surface area contributed by atoms with E-state index in [-0.39, 0.29) is 21.0 Å². The van der Waals surface area contributed by atoms with Crippen molar-refractivity contribution < 1.29 is 21.6 Å². The molecule has 34 heavy (non-hydrogen) atoms. The number of benzene rings is 3. The molecule has 1 fully saturated rings. The number of amides is 1. The summed E-state index contributed by atoms with van der Waals surface area (Å²) in [5.41, 5.74) is 0.656. The molecule has 1 amide bonds. The van der Waals surface area contributed by atoms with Gasteiger partial charge in [-0.25, -0.2) is 16.8 Å². The number of anilines is 2. The summed E-state index contributed by atoms with van der Waals surface area (Å²) >= 11 is 0. The number of piperidine rings is 1. The number of hydrogen-bond donors (Lipinski definition) is 2. The lowest BCUT2D eigenvalue weighted by Gasteiger charge is -2.25. The maximum atomic E-state index is 12.9. The summed E-state index contributed by atoms with van der Waals surface area (Å²) in [7, 11) is -7.45. The van der Waals surface area contributed by atoms with Crippen LogP contribution in [0.1, 0.15) is 29.6 Å². The fourth-order valence-electron chi connectivity index (χ4n) is 3.74. The van der Waals surface area contributed by atoms with Crippen LogP contribution in [-0.4, -0.2) is 40.1 Å². The van der Waals surface area contributed by atoms with E-state index in [1.807, 2.05) is 0 Å². The fraction of sp³-hybridized carbons (Fsp3) is 0.208. The van der Waals surface area contributed by atoms with Crippen LogP contribution in [0.25, 0.3) is 0 Å². The minimum Gasteiger partial charge on any atom is -0.322 e. The lowest BCUT2D eigenvalue weighted by Crippen LogP contribution is -2.35. The first-order valence-electron chi connectivity index (χ1n) is 10.9. The largest absolute Gasteiger partial charge is 0.322 e. The molecule has 2 N–H and O–H groups in total. The van der Waals surface area contributed by atoms with Gasteiger partial charge in [0.05, 0.1) is 21.0 Å². The van der Waals surface area contributed by atoms with Gasteiger partial charge in [-0.1, -0.05) is 36.8 Å². The van der Waals surface area contributed by atoms with Gasteiger partial charge in [0.15, 0.2) is 0 Å². The molecule has 0 spiro atoms. The maximum Gasteiger partial charge on any atom is 0.261 e. The zero-order chi connectivity index (χ0) is 24.2. The number of hydrogen-bond acceptors (Lipinski definition) is 5. The molecule has 1 aliphatic heterocycles. The van der Waals surface area contributed by atoms with Crippen LogP contribution >= 0.6 is 0 Å². The van der Waals surface area contributed by atoms with Crippen molar-refractivity contribution in [3.05, 3.63) is 84.4 Å². The summed E-state index contributed by atoms with van der Waals surface area (Å²) in [6.45, 7) is 1.02. The monoisotopic (exact) mass is 499 g/mol. The third kappa shape index (κ3) is 5.30. The second-order valence-corrected chi connectivity index (χ2v) is 11.5. The molecule has 0 bridgehead atoms. The molecule has 10 heteroatoms. The SMILES string of the molecule is O=C(Nc1ccc(S(=O)(=O)N2CCCCC2)cc1)c1ccccc1NS(=O)(=O)c1ccccc1. The van der Waals surface area contributed by atoms with Crippen molar-refractivity contribution >= 4 is 37.3 Å². The molecule has 178 valence electrons. The summed E-state index contributed by atoms with van der Waals surface area (Å²) in [6, 6.07) is 20.1. The second-order valence-electron chi connectivity index (χ2n) is 7.91. The molecule has 0 radical (unpaired) electrons. The van der Waals surface area contributed by atoms with Gasteiger partial charge in [0, 0.05) is 18.8 Å². The predicted molar refractivity (Wildman–Crippen MR) is 131 cm³/mol. The Morgan fingerprint density at radius 1 is 0.706 bits per heavy atom. The fourth-order valence-corrected chi connectivity index (χ4v) is 6.35. The van der Waals surface area contributed by atoms with E-state index in [1.165, 1.54) is 52.8 Å². The number of nitrogens with zero attached hydrogens (tertiary/aromatic N) is 1. The summed E-state index contributed by atoms with van der Waals surface area (Å²) in [6.07, 6.45) is 2.72. The highest BCUT2D eigenvalue weighted by Gasteiger charge is 2.26. The molecule has 0 atom stereocenters. The van der Waals surface area contributed by atoms with Gasteiger partial charge in [-0.15, -0.1) is 0 Å². The topological polar surface area (TPSA) is 113 Å². The van der Waals surface area contributed by atoms with Crippen LogP contribution in [0.2, 0.25) is 0 Å². The zero-order valence-corrected chi connectivity index (χ0v) is 20.0. The molecule has 1 saturated heterocycles. The van der Waals surface area contributed by atoms with Crippen molar-refractivity contribution in [3.8, 4) is 0 Å². The van der Waals surface area contributed by atoms with Crippen molar-refractivity contribution in [1.29, 1.82) is 0 Å². The van der Waals surface area contributed by atoms with Crippen molar-refractivity contribution in [1.82, 2.24) is 4.31 Å². The van der Waals surface area contributed by atoms with Gasteiger partial charge in [0.2, 0.25) is 10.0 Å². The first-order chi connectivity index (χ1) is 16.3. The van der Waals surface area contributed by atoms with E-state index in [2.05, 4.69) is 10.0 Å². The van der Waals surface area contributed by atoms with Crippen molar-refractivity contribution in [2.24, 2.45) is 0 Å². The van der Waals surface area contributed by atoms with Gasteiger partial charge in [0.25, 0.3) is 15.9 Å². The lowest BCUT2D eigenvalue weighted by atomic mass is 10.1. The third-order valence-corrected chi connectivity index (χ3v) is 8.83. The van der Waals surface area contributed by atoms with Gasteiger partial charge in [-0.3, -0.25) is 9.52 Å². The normalized spacial score (nSPS) is 14.9. The molecule has 0 unspecified atom stereocenters. The van der Waals surface area contributed by atoms with Crippen LogP contribution in [0, 0.1) is 0 Å². The quantitative estimate of drug-likeness (QED) is 0.512. The van der Waals surface area contributed by atoms with E-state index >= 15 is 0 Å². The minimum absolute atomic E-state index is 0.0794. The average Bonchev–Trinajstić information content (AvgIpc) is 2.85. The van der Waals surface area contributed by atoms with Gasteiger partial charge < -0.3 is 5.32 Å². The summed E-state index contributed by atoms with van der Waals surface area (Å²) in [4.78, 5) is 13.2. The second kappa shape index (κ2) is 9.96. The van der Waals surface area contributed by atoms with E-state index < -0.39 is 26.0 Å². The van der Waals surface area contributed by atoms with Crippen molar-refractivity contribution in [3.63, 3.8) is 0 Å². The smallest absolute Gasteiger partial charge is 0.261 e. The van der Waals surface area contributed by atoms with Gasteiger partial charge >= 0.3 is 0 Å². The highest BCUT2D eigenvalue weighted by Crippen LogP contribution is 2.24. The lowest BCUT2D eigenvalue weighted by molar-refractivity contribution is 0.102. The highest BCUT2D eigenvalue weighted by molar-refractivity contribution is 7.92. The van der Waals surface area contributed by atoms with Crippen molar-refractivity contribution in [2.75, 3.05) is 23.1 Å². The van der Waals surface area contributed by atoms with Crippen LogP contribution in [0.4, 0.5) is 11.4 Å². The van der Waals surface area contributed by atoms with E-state index in [0.717, 1.165) is 19.3 Å². The molecular formula is C24H25N3O5S2. The average molecular weight is 500 g/mol. The van der Waals surface area contributed by atoms with E-state index in [4.69, 9.17) is 0 Å². The summed E-state index contributed by atoms with van der Waals surface area (Å²) in [5.74, 6) is -0.530. The molecule has 1 aliphatic rings. The van der Waals surface area contributed by atoms with E-state index in [1.54, 1.807) is 30.3 Å². The molecule has 0 aliphatic carbocycles. The Balaban J connectivity index is 1.50. The highest BCUT2D eigenvalue weighted by atomic mass is 32.2. The maximum absolute atomic E-state index is 12.9. The number of carbonyl (C=O) groups is 1. The van der Waals surface area contributed by atoms with Gasteiger partial charge in [0.1, 0.15) is 0 Å². The Labute approximate surface area is 199 Å². The third-order valence-electron chi connectivity index (χ3n) is 5.53. The van der Waals surface area contributed by atoms with Crippen LogP contribution in [-0.2, 0) is 20.0 Å². The number of nitrogens with one attached hydrogen (secondary N) is 2. The molecule has 1 heterocycles. The van der Waals surface area contributed by atoms with Crippen LogP contribution in [0.5, 0.6) is 0 Å². The van der Waals surface area contributed by atoms with E-state index in [0.29, 0.717) is 18.8 Å². The number of sulfonamides is 2. The Kier molecular flexibility index (Phi) is 7.01. The van der Waals surface area contributed by atoms with Crippen LogP contribution < -0.4 is 10.0 Å². The molecule has 8 nitrogen and oxygen atoms in total. The first kappa shape index (κ1) is 23.9. The predicted octanol–water partition coefficient (Wildman–Crippen LogP) is 3.91. The summed E-state index contributed by atoms with van der Waals surface area (Å²) < 4.78 is 55.0. The Morgan fingerprint density at radius 3 is 2.00 bits per heavy atom. The van der Waals surface area contributed by atoms with Crippen molar-refractivity contribution in [2.45, 2.75) is 29.1 Å². The first-order valence-corrected chi connectivity index (χ1v) is 13.8. The molecule has 3 aromatic rings.